The molecule has 1 aliphatic carbocycles. The first-order valence-electron chi connectivity index (χ1n) is 5.90. The summed E-state index contributed by atoms with van der Waals surface area (Å²) in [6.07, 6.45) is 5.51. The van der Waals surface area contributed by atoms with Gasteiger partial charge in [-0.25, -0.2) is 14.2 Å². The number of halogens is 1. The predicted octanol–water partition coefficient (Wildman–Crippen LogP) is 0.566. The number of carbonyl (C=O) groups is 1. The molecule has 1 fully saturated rings. The van der Waals surface area contributed by atoms with Gasteiger partial charge in [-0.15, -0.1) is 0 Å². The first-order valence-corrected chi connectivity index (χ1v) is 5.90. The predicted molar refractivity (Wildman–Crippen MR) is 62.1 cm³/mol. The quantitative estimate of drug-likeness (QED) is 0.769. The monoisotopic (exact) mass is 255 g/mol. The van der Waals surface area contributed by atoms with Crippen LogP contribution in [0, 0.1) is 5.82 Å². The molecule has 7 heteroatoms. The summed E-state index contributed by atoms with van der Waals surface area (Å²) in [5, 5.41) is 2.66. The van der Waals surface area contributed by atoms with Gasteiger partial charge in [-0.3, -0.25) is 9.78 Å². The smallest absolute Gasteiger partial charge is 0.335 e. The lowest BCUT2D eigenvalue weighted by Gasteiger charge is -2.22. The zero-order valence-electron chi connectivity index (χ0n) is 9.74. The van der Waals surface area contributed by atoms with E-state index in [-0.39, 0.29) is 6.04 Å². The maximum atomic E-state index is 13.0. The molecule has 98 valence electrons. The average molecular weight is 255 g/mol. The molecule has 1 aromatic heterocycles. The van der Waals surface area contributed by atoms with Crippen molar-refractivity contribution in [2.45, 2.75) is 38.1 Å². The molecule has 0 aliphatic heterocycles. The minimum atomic E-state index is -1.16. The molecule has 0 spiro atoms. The van der Waals surface area contributed by atoms with Crippen molar-refractivity contribution >= 4 is 6.03 Å². The number of hydrogen-bond donors (Lipinski definition) is 2. The van der Waals surface area contributed by atoms with Gasteiger partial charge in [0.15, 0.2) is 0 Å². The van der Waals surface area contributed by atoms with Crippen molar-refractivity contribution in [3.63, 3.8) is 0 Å². The van der Waals surface area contributed by atoms with Crippen molar-refractivity contribution in [1.29, 1.82) is 0 Å². The lowest BCUT2D eigenvalue weighted by atomic mass is 9.96. The summed E-state index contributed by atoms with van der Waals surface area (Å²) < 4.78 is 13.6. The number of rotatable bonds is 1. The van der Waals surface area contributed by atoms with Crippen LogP contribution in [0.5, 0.6) is 0 Å². The molecule has 1 saturated carbocycles. The Kier molecular flexibility index (Phi) is 3.59. The molecular weight excluding hydrogens is 241 g/mol. The lowest BCUT2D eigenvalue weighted by molar-refractivity contribution is 0.232. The Morgan fingerprint density at radius 1 is 1.33 bits per heavy atom. The maximum absolute atomic E-state index is 13.0. The Hall–Kier alpha value is -1.92. The van der Waals surface area contributed by atoms with E-state index in [0.717, 1.165) is 32.1 Å². The van der Waals surface area contributed by atoms with Gasteiger partial charge in [-0.05, 0) is 12.8 Å². The fourth-order valence-electron chi connectivity index (χ4n) is 2.09. The molecule has 0 aromatic carbocycles. The number of carbonyl (C=O) groups excluding carboxylic acids is 1. The van der Waals surface area contributed by atoms with Crippen LogP contribution >= 0.6 is 0 Å². The molecule has 2 rings (SSSR count). The van der Waals surface area contributed by atoms with Crippen LogP contribution in [-0.2, 0) is 0 Å². The molecule has 0 atom stereocenters. The highest BCUT2D eigenvalue weighted by atomic mass is 19.1. The highest BCUT2D eigenvalue weighted by molar-refractivity contribution is 5.76. The van der Waals surface area contributed by atoms with E-state index in [0.29, 0.717) is 10.8 Å². The molecule has 18 heavy (non-hydrogen) atoms. The summed E-state index contributed by atoms with van der Waals surface area (Å²) in [7, 11) is 0. The van der Waals surface area contributed by atoms with E-state index in [1.807, 2.05) is 0 Å². The van der Waals surface area contributed by atoms with Crippen molar-refractivity contribution in [1.82, 2.24) is 14.9 Å². The summed E-state index contributed by atoms with van der Waals surface area (Å²) in [6.45, 7) is 0. The fourth-order valence-corrected chi connectivity index (χ4v) is 2.09. The highest BCUT2D eigenvalue weighted by Crippen LogP contribution is 2.17. The second kappa shape index (κ2) is 5.16. The molecule has 0 saturated heterocycles. The van der Waals surface area contributed by atoms with Crippen LogP contribution in [0.2, 0.25) is 0 Å². The third kappa shape index (κ3) is 2.66. The van der Waals surface area contributed by atoms with Gasteiger partial charge in [-0.1, -0.05) is 19.3 Å². The molecule has 0 radical (unpaired) electrons. The Bertz CT molecular complexity index is 557. The Morgan fingerprint density at radius 3 is 2.67 bits per heavy atom. The molecule has 0 unspecified atom stereocenters. The van der Waals surface area contributed by atoms with Crippen LogP contribution in [0.25, 0.3) is 0 Å². The molecule has 1 amide bonds. The number of H-pyrrole nitrogens is 1. The van der Waals surface area contributed by atoms with E-state index >= 15 is 0 Å². The Morgan fingerprint density at radius 2 is 2.00 bits per heavy atom. The molecule has 1 aromatic rings. The summed E-state index contributed by atoms with van der Waals surface area (Å²) in [6, 6.07) is -0.699. The third-order valence-corrected chi connectivity index (χ3v) is 3.05. The topological polar surface area (TPSA) is 84.0 Å². The first kappa shape index (κ1) is 12.5. The molecule has 0 bridgehead atoms. The second-order valence-electron chi connectivity index (χ2n) is 4.39. The van der Waals surface area contributed by atoms with Gasteiger partial charge in [0.25, 0.3) is 5.56 Å². The summed E-state index contributed by atoms with van der Waals surface area (Å²) in [5.41, 5.74) is -2.06. The van der Waals surface area contributed by atoms with Gasteiger partial charge < -0.3 is 5.32 Å². The largest absolute Gasteiger partial charge is 0.336 e. The molecule has 2 N–H and O–H groups in total. The number of nitrogens with one attached hydrogen (secondary N) is 2. The minimum Gasteiger partial charge on any atom is -0.335 e. The normalized spacial score (nSPS) is 16.5. The Labute approximate surface area is 102 Å². The van der Waals surface area contributed by atoms with Gasteiger partial charge in [-0.2, -0.15) is 4.39 Å². The van der Waals surface area contributed by atoms with Gasteiger partial charge in [0, 0.05) is 6.04 Å². The standard InChI is InChI=1S/C11H14FN3O3/c12-8-6-15(11(18)14-9(8)16)10(17)13-7-4-2-1-3-5-7/h6-7H,1-5H2,(H,13,17)(H,14,16,18). The van der Waals surface area contributed by atoms with Crippen molar-refractivity contribution in [2.75, 3.05) is 0 Å². The minimum absolute atomic E-state index is 0.00754. The Balaban J connectivity index is 2.16. The van der Waals surface area contributed by atoms with Gasteiger partial charge in [0.05, 0.1) is 6.20 Å². The molecular formula is C11H14FN3O3. The van der Waals surface area contributed by atoms with Gasteiger partial charge in [0.2, 0.25) is 5.82 Å². The zero-order valence-corrected chi connectivity index (χ0v) is 9.74. The number of aromatic amines is 1. The lowest BCUT2D eigenvalue weighted by Crippen LogP contribution is -2.45. The van der Waals surface area contributed by atoms with Gasteiger partial charge in [0.1, 0.15) is 0 Å². The van der Waals surface area contributed by atoms with Crippen molar-refractivity contribution in [3.05, 3.63) is 32.9 Å². The second-order valence-corrected chi connectivity index (χ2v) is 4.39. The van der Waals surface area contributed by atoms with E-state index in [4.69, 9.17) is 0 Å². The maximum Gasteiger partial charge on any atom is 0.336 e. The van der Waals surface area contributed by atoms with Crippen molar-refractivity contribution < 1.29 is 9.18 Å². The molecule has 1 heterocycles. The number of nitrogens with zero attached hydrogens (tertiary/aromatic N) is 1. The van der Waals surface area contributed by atoms with Crippen LogP contribution in [0.4, 0.5) is 9.18 Å². The third-order valence-electron chi connectivity index (χ3n) is 3.05. The first-order chi connectivity index (χ1) is 8.58. The van der Waals surface area contributed by atoms with E-state index < -0.39 is 23.1 Å². The van der Waals surface area contributed by atoms with Crippen LogP contribution < -0.4 is 16.6 Å². The van der Waals surface area contributed by atoms with Crippen LogP contribution in [-0.4, -0.2) is 21.6 Å². The summed E-state index contributed by atoms with van der Waals surface area (Å²) in [4.78, 5) is 35.7. The molecule has 1 aliphatic rings. The average Bonchev–Trinajstić information content (AvgIpc) is 2.35. The van der Waals surface area contributed by atoms with Crippen LogP contribution in [0.3, 0.4) is 0 Å². The van der Waals surface area contributed by atoms with Crippen molar-refractivity contribution in [2.24, 2.45) is 0 Å². The fraction of sp³-hybridized carbons (Fsp3) is 0.545. The van der Waals surface area contributed by atoms with E-state index in [1.165, 1.54) is 0 Å². The zero-order chi connectivity index (χ0) is 13.1. The molecule has 6 nitrogen and oxygen atoms in total. The van der Waals surface area contributed by atoms with Crippen molar-refractivity contribution in [3.8, 4) is 0 Å². The van der Waals surface area contributed by atoms with Crippen LogP contribution in [0.1, 0.15) is 32.1 Å². The highest BCUT2D eigenvalue weighted by Gasteiger charge is 2.18. The van der Waals surface area contributed by atoms with E-state index in [9.17, 15) is 18.8 Å². The van der Waals surface area contributed by atoms with E-state index in [2.05, 4.69) is 5.32 Å². The summed E-state index contributed by atoms with van der Waals surface area (Å²) >= 11 is 0. The SMILES string of the molecule is O=C(NC1CCCCC1)n1cc(F)c(=O)[nH]c1=O. The number of aromatic nitrogens is 2. The summed E-state index contributed by atoms with van der Waals surface area (Å²) in [5.74, 6) is -1.16. The van der Waals surface area contributed by atoms with Gasteiger partial charge >= 0.3 is 11.7 Å². The number of amides is 1. The van der Waals surface area contributed by atoms with Crippen LogP contribution in [0.15, 0.2) is 15.8 Å². The van der Waals surface area contributed by atoms with E-state index in [1.54, 1.807) is 4.98 Å². The number of hydrogen-bond acceptors (Lipinski definition) is 3.